The number of fused-ring (bicyclic) bond motifs is 1. The van der Waals surface area contributed by atoms with Crippen molar-refractivity contribution in [3.05, 3.63) is 76.3 Å². The average Bonchev–Trinajstić information content (AvgIpc) is 2.83. The number of hydrogen-bond acceptors (Lipinski definition) is 6. The van der Waals surface area contributed by atoms with Gasteiger partial charge >= 0.3 is 0 Å². The molecule has 1 aromatic carbocycles. The first-order chi connectivity index (χ1) is 16.4. The standard InChI is InChI=1S/C25H29N5O4/c1-18(2)34-21-8-6-19(7-9-21)25(33)26-16-24(32)29-13-11-28(12-14-29)17-20-15-23(31)30-10-4-3-5-22(30)27-20/h3-10,15,18H,11-14,16-17H2,1-2H3,(H,26,33). The smallest absolute Gasteiger partial charge is 0.258 e. The van der Waals surface area contributed by atoms with Crippen LogP contribution in [-0.2, 0) is 11.3 Å². The zero-order valence-corrected chi connectivity index (χ0v) is 19.4. The number of nitrogens with zero attached hydrogens (tertiary/aromatic N) is 4. The molecule has 0 bridgehead atoms. The molecule has 0 spiro atoms. The van der Waals surface area contributed by atoms with Crippen molar-refractivity contribution in [2.24, 2.45) is 0 Å². The Labute approximate surface area is 198 Å². The monoisotopic (exact) mass is 463 g/mol. The van der Waals surface area contributed by atoms with Gasteiger partial charge in [0, 0.05) is 50.6 Å². The zero-order chi connectivity index (χ0) is 24.1. The highest BCUT2D eigenvalue weighted by molar-refractivity contribution is 5.96. The molecule has 9 nitrogen and oxygen atoms in total. The van der Waals surface area contributed by atoms with Crippen molar-refractivity contribution < 1.29 is 14.3 Å². The fraction of sp³-hybridized carbons (Fsp3) is 0.360. The molecule has 3 aromatic rings. The Hall–Kier alpha value is -3.72. The lowest BCUT2D eigenvalue weighted by molar-refractivity contribution is -0.131. The van der Waals surface area contributed by atoms with Gasteiger partial charge in [0.2, 0.25) is 5.91 Å². The van der Waals surface area contributed by atoms with Crippen molar-refractivity contribution in [2.45, 2.75) is 26.5 Å². The van der Waals surface area contributed by atoms with Gasteiger partial charge < -0.3 is 15.0 Å². The van der Waals surface area contributed by atoms with E-state index < -0.39 is 0 Å². The molecule has 1 aliphatic rings. The maximum atomic E-state index is 12.6. The lowest BCUT2D eigenvalue weighted by atomic mass is 10.2. The fourth-order valence-electron chi connectivity index (χ4n) is 3.90. The summed E-state index contributed by atoms with van der Waals surface area (Å²) in [6.45, 7) is 6.84. The number of hydrogen-bond donors (Lipinski definition) is 1. The summed E-state index contributed by atoms with van der Waals surface area (Å²) in [5, 5.41) is 2.70. The third-order valence-electron chi connectivity index (χ3n) is 5.62. The summed E-state index contributed by atoms with van der Waals surface area (Å²) < 4.78 is 7.10. The summed E-state index contributed by atoms with van der Waals surface area (Å²) in [6, 6.07) is 13.9. The van der Waals surface area contributed by atoms with Gasteiger partial charge in [0.15, 0.2) is 0 Å². The maximum absolute atomic E-state index is 12.6. The van der Waals surface area contributed by atoms with E-state index in [4.69, 9.17) is 4.74 Å². The molecule has 0 radical (unpaired) electrons. The Bertz CT molecular complexity index is 1210. The summed E-state index contributed by atoms with van der Waals surface area (Å²) in [4.78, 5) is 45.7. The minimum atomic E-state index is -0.295. The SMILES string of the molecule is CC(C)Oc1ccc(C(=O)NCC(=O)N2CCN(Cc3cc(=O)n4ccccc4n3)CC2)cc1. The number of benzene rings is 1. The molecule has 0 unspecified atom stereocenters. The Morgan fingerprint density at radius 1 is 1.06 bits per heavy atom. The summed E-state index contributed by atoms with van der Waals surface area (Å²) >= 11 is 0. The third-order valence-corrected chi connectivity index (χ3v) is 5.62. The van der Waals surface area contributed by atoms with E-state index in [0.29, 0.717) is 55.4 Å². The molecule has 2 aromatic heterocycles. The predicted octanol–water partition coefficient (Wildman–Crippen LogP) is 1.56. The topological polar surface area (TPSA) is 96.2 Å². The third kappa shape index (κ3) is 5.79. The minimum Gasteiger partial charge on any atom is -0.491 e. The van der Waals surface area contributed by atoms with Gasteiger partial charge in [0.1, 0.15) is 11.4 Å². The Balaban J connectivity index is 1.24. The van der Waals surface area contributed by atoms with Crippen LogP contribution in [0.4, 0.5) is 0 Å². The van der Waals surface area contributed by atoms with E-state index in [2.05, 4.69) is 15.2 Å². The first-order valence-corrected chi connectivity index (χ1v) is 11.4. The number of ether oxygens (including phenoxy) is 1. The van der Waals surface area contributed by atoms with Crippen LogP contribution in [0.5, 0.6) is 5.75 Å². The van der Waals surface area contributed by atoms with E-state index in [-0.39, 0.29) is 30.0 Å². The van der Waals surface area contributed by atoms with E-state index in [1.54, 1.807) is 47.5 Å². The van der Waals surface area contributed by atoms with Crippen molar-refractivity contribution in [1.82, 2.24) is 24.5 Å². The molecular weight excluding hydrogens is 434 g/mol. The van der Waals surface area contributed by atoms with Crippen molar-refractivity contribution in [1.29, 1.82) is 0 Å². The molecule has 9 heteroatoms. The van der Waals surface area contributed by atoms with Gasteiger partial charge in [-0.2, -0.15) is 0 Å². The van der Waals surface area contributed by atoms with Crippen molar-refractivity contribution >= 4 is 17.5 Å². The molecule has 0 aliphatic carbocycles. The van der Waals surface area contributed by atoms with Crippen LogP contribution in [-0.4, -0.2) is 69.8 Å². The van der Waals surface area contributed by atoms with Gasteiger partial charge in [0.25, 0.3) is 11.5 Å². The zero-order valence-electron chi connectivity index (χ0n) is 19.4. The van der Waals surface area contributed by atoms with E-state index in [0.717, 1.165) is 0 Å². The lowest BCUT2D eigenvalue weighted by Crippen LogP contribution is -2.51. The molecule has 0 saturated carbocycles. The molecule has 1 saturated heterocycles. The maximum Gasteiger partial charge on any atom is 0.258 e. The Kier molecular flexibility index (Phi) is 7.22. The van der Waals surface area contributed by atoms with Gasteiger partial charge in [-0.25, -0.2) is 4.98 Å². The second-order valence-electron chi connectivity index (χ2n) is 8.55. The van der Waals surface area contributed by atoms with Crippen LogP contribution in [0, 0.1) is 0 Å². The summed E-state index contributed by atoms with van der Waals surface area (Å²) in [6.07, 6.45) is 1.76. The number of nitrogens with one attached hydrogen (secondary N) is 1. The normalized spacial score (nSPS) is 14.4. The van der Waals surface area contributed by atoms with Crippen molar-refractivity contribution in [3.8, 4) is 5.75 Å². The van der Waals surface area contributed by atoms with Gasteiger partial charge in [-0.1, -0.05) is 6.07 Å². The van der Waals surface area contributed by atoms with Crippen LogP contribution in [0.15, 0.2) is 59.5 Å². The molecule has 0 atom stereocenters. The van der Waals surface area contributed by atoms with Crippen LogP contribution in [0.2, 0.25) is 0 Å². The summed E-state index contributed by atoms with van der Waals surface area (Å²) in [7, 11) is 0. The molecule has 4 rings (SSSR count). The van der Waals surface area contributed by atoms with E-state index in [1.165, 1.54) is 4.40 Å². The van der Waals surface area contributed by atoms with Crippen molar-refractivity contribution in [3.63, 3.8) is 0 Å². The molecular formula is C25H29N5O4. The van der Waals surface area contributed by atoms with Gasteiger partial charge in [0.05, 0.1) is 18.3 Å². The number of piperazine rings is 1. The van der Waals surface area contributed by atoms with Crippen LogP contribution < -0.4 is 15.6 Å². The number of carbonyl (C=O) groups excluding carboxylic acids is 2. The quantitative estimate of drug-likeness (QED) is 0.571. The largest absolute Gasteiger partial charge is 0.491 e. The summed E-state index contributed by atoms with van der Waals surface area (Å²) in [5.41, 5.74) is 1.71. The van der Waals surface area contributed by atoms with Gasteiger partial charge in [-0.05, 0) is 50.2 Å². The van der Waals surface area contributed by atoms with Crippen molar-refractivity contribution in [2.75, 3.05) is 32.7 Å². The highest BCUT2D eigenvalue weighted by Crippen LogP contribution is 2.14. The Morgan fingerprint density at radius 3 is 2.50 bits per heavy atom. The van der Waals surface area contributed by atoms with Crippen LogP contribution >= 0.6 is 0 Å². The van der Waals surface area contributed by atoms with E-state index in [1.807, 2.05) is 26.0 Å². The first kappa shape index (κ1) is 23.4. The Morgan fingerprint density at radius 2 is 1.79 bits per heavy atom. The molecule has 1 fully saturated rings. The predicted molar refractivity (Wildman–Crippen MR) is 128 cm³/mol. The first-order valence-electron chi connectivity index (χ1n) is 11.4. The lowest BCUT2D eigenvalue weighted by Gasteiger charge is -2.34. The minimum absolute atomic E-state index is 0.0495. The number of amides is 2. The molecule has 178 valence electrons. The highest BCUT2D eigenvalue weighted by Gasteiger charge is 2.22. The van der Waals surface area contributed by atoms with E-state index >= 15 is 0 Å². The van der Waals surface area contributed by atoms with E-state index in [9.17, 15) is 14.4 Å². The van der Waals surface area contributed by atoms with Gasteiger partial charge in [-0.3, -0.25) is 23.7 Å². The molecule has 3 heterocycles. The molecule has 1 aliphatic heterocycles. The number of aromatic nitrogens is 2. The fourth-order valence-corrected chi connectivity index (χ4v) is 3.90. The van der Waals surface area contributed by atoms with Crippen LogP contribution in [0.3, 0.4) is 0 Å². The number of rotatable bonds is 7. The average molecular weight is 464 g/mol. The second kappa shape index (κ2) is 10.5. The number of carbonyl (C=O) groups is 2. The second-order valence-corrected chi connectivity index (χ2v) is 8.55. The van der Waals surface area contributed by atoms with Crippen LogP contribution in [0.1, 0.15) is 29.9 Å². The summed E-state index contributed by atoms with van der Waals surface area (Å²) in [5.74, 6) is 0.288. The molecule has 1 N–H and O–H groups in total. The highest BCUT2D eigenvalue weighted by atomic mass is 16.5. The number of pyridine rings is 1. The van der Waals surface area contributed by atoms with Gasteiger partial charge in [-0.15, -0.1) is 0 Å². The van der Waals surface area contributed by atoms with Crippen LogP contribution in [0.25, 0.3) is 5.65 Å². The molecule has 34 heavy (non-hydrogen) atoms. The molecule has 2 amide bonds.